The van der Waals surface area contributed by atoms with Gasteiger partial charge >= 0.3 is 0 Å². The van der Waals surface area contributed by atoms with Crippen molar-refractivity contribution in [1.29, 1.82) is 0 Å². The largest absolute Gasteiger partial charge is 0.479 e. The number of carbonyl (C=O) groups is 1. The quantitative estimate of drug-likeness (QED) is 0.470. The average Bonchev–Trinajstić information content (AvgIpc) is 2.46. The van der Waals surface area contributed by atoms with Gasteiger partial charge in [0, 0.05) is 25.2 Å². The van der Waals surface area contributed by atoms with E-state index in [4.69, 9.17) is 15.2 Å². The normalized spacial score (nSPS) is 17.3. The number of hydrogen-bond acceptors (Lipinski definition) is 6. The number of nitro benzene ring substituents is 1. The molecule has 1 atom stereocenters. The Morgan fingerprint density at radius 1 is 1.48 bits per heavy atom. The molecule has 1 amide bonds. The van der Waals surface area contributed by atoms with Gasteiger partial charge in [-0.05, 0) is 13.0 Å². The Morgan fingerprint density at radius 2 is 2.24 bits per heavy atom. The molecule has 1 aromatic carbocycles. The number of nitro groups is 1. The van der Waals surface area contributed by atoms with Crippen molar-refractivity contribution in [2.45, 2.75) is 13.0 Å². The lowest BCUT2D eigenvalue weighted by atomic mass is 10.1. The highest BCUT2D eigenvalue weighted by Crippen LogP contribution is 2.36. The summed E-state index contributed by atoms with van der Waals surface area (Å²) >= 11 is 0. The molecule has 0 bridgehead atoms. The molecule has 1 aromatic rings. The van der Waals surface area contributed by atoms with Crippen LogP contribution in [0.3, 0.4) is 0 Å². The average molecular weight is 295 g/mol. The lowest BCUT2D eigenvalue weighted by Crippen LogP contribution is -2.46. The zero-order valence-electron chi connectivity index (χ0n) is 11.7. The summed E-state index contributed by atoms with van der Waals surface area (Å²) in [6.45, 7) is 3.03. The molecule has 2 rings (SSSR count). The number of non-ortho nitro benzene ring substituents is 1. The van der Waals surface area contributed by atoms with Crippen molar-refractivity contribution in [3.8, 4) is 5.75 Å². The smallest absolute Gasteiger partial charge is 0.271 e. The second kappa shape index (κ2) is 6.51. The van der Waals surface area contributed by atoms with Crippen LogP contribution in [-0.4, -0.2) is 43.2 Å². The highest BCUT2D eigenvalue weighted by atomic mass is 16.6. The van der Waals surface area contributed by atoms with E-state index < -0.39 is 11.0 Å². The van der Waals surface area contributed by atoms with E-state index >= 15 is 0 Å². The molecule has 1 aliphatic heterocycles. The summed E-state index contributed by atoms with van der Waals surface area (Å²) in [7, 11) is 0. The van der Waals surface area contributed by atoms with Crippen molar-refractivity contribution in [3.05, 3.63) is 28.3 Å². The molecule has 1 aliphatic rings. The second-order valence-corrected chi connectivity index (χ2v) is 4.56. The van der Waals surface area contributed by atoms with E-state index in [0.717, 1.165) is 0 Å². The van der Waals surface area contributed by atoms with Crippen LogP contribution in [0.15, 0.2) is 18.2 Å². The lowest BCUT2D eigenvalue weighted by molar-refractivity contribution is -0.384. The molecule has 1 heterocycles. The van der Waals surface area contributed by atoms with Gasteiger partial charge in [-0.2, -0.15) is 0 Å². The van der Waals surface area contributed by atoms with Gasteiger partial charge in [-0.1, -0.05) is 0 Å². The number of rotatable bonds is 6. The molecule has 0 radical (unpaired) electrons. The fraction of sp³-hybridized carbons (Fsp3) is 0.462. The monoisotopic (exact) mass is 295 g/mol. The van der Waals surface area contributed by atoms with Gasteiger partial charge in [-0.3, -0.25) is 14.9 Å². The van der Waals surface area contributed by atoms with Crippen LogP contribution in [0, 0.1) is 10.1 Å². The van der Waals surface area contributed by atoms with Crippen LogP contribution >= 0.6 is 0 Å². The Morgan fingerprint density at radius 3 is 2.90 bits per heavy atom. The van der Waals surface area contributed by atoms with Gasteiger partial charge in [0.15, 0.2) is 6.10 Å². The SMILES string of the molecule is CC1Oc2ccc([N+](=O)[O-])cc2N(CCOCCN)C1=O. The second-order valence-electron chi connectivity index (χ2n) is 4.56. The number of fused-ring (bicyclic) bond motifs is 1. The molecule has 2 N–H and O–H groups in total. The van der Waals surface area contributed by atoms with E-state index in [2.05, 4.69) is 0 Å². The van der Waals surface area contributed by atoms with Gasteiger partial charge in [-0.25, -0.2) is 0 Å². The molecule has 21 heavy (non-hydrogen) atoms. The van der Waals surface area contributed by atoms with E-state index in [1.165, 1.54) is 23.1 Å². The van der Waals surface area contributed by atoms with Crippen molar-refractivity contribution >= 4 is 17.3 Å². The number of benzene rings is 1. The van der Waals surface area contributed by atoms with Crippen molar-refractivity contribution in [1.82, 2.24) is 0 Å². The van der Waals surface area contributed by atoms with E-state index in [9.17, 15) is 14.9 Å². The topological polar surface area (TPSA) is 108 Å². The van der Waals surface area contributed by atoms with Gasteiger partial charge in [-0.15, -0.1) is 0 Å². The van der Waals surface area contributed by atoms with Gasteiger partial charge in [0.05, 0.1) is 23.8 Å². The molecule has 0 fully saturated rings. The summed E-state index contributed by atoms with van der Waals surface area (Å²) in [6.07, 6.45) is -0.631. The predicted octanol–water partition coefficient (Wildman–Crippen LogP) is 0.684. The van der Waals surface area contributed by atoms with E-state index in [1.807, 2.05) is 0 Å². The first-order valence-corrected chi connectivity index (χ1v) is 6.59. The minimum atomic E-state index is -0.631. The first-order chi connectivity index (χ1) is 10.0. The molecule has 0 spiro atoms. The Bertz CT molecular complexity index is 549. The van der Waals surface area contributed by atoms with Crippen molar-refractivity contribution < 1.29 is 19.2 Å². The minimum Gasteiger partial charge on any atom is -0.479 e. The summed E-state index contributed by atoms with van der Waals surface area (Å²) < 4.78 is 10.7. The van der Waals surface area contributed by atoms with Crippen LogP contribution in [-0.2, 0) is 9.53 Å². The molecular weight excluding hydrogens is 278 g/mol. The van der Waals surface area contributed by atoms with Gasteiger partial charge < -0.3 is 20.1 Å². The maximum absolute atomic E-state index is 12.2. The lowest BCUT2D eigenvalue weighted by Gasteiger charge is -2.32. The number of carbonyl (C=O) groups excluding carboxylic acids is 1. The maximum atomic E-state index is 12.2. The fourth-order valence-electron chi connectivity index (χ4n) is 2.08. The summed E-state index contributed by atoms with van der Waals surface area (Å²) in [6, 6.07) is 4.19. The van der Waals surface area contributed by atoms with Crippen molar-refractivity contribution in [2.24, 2.45) is 5.73 Å². The van der Waals surface area contributed by atoms with Crippen molar-refractivity contribution in [2.75, 3.05) is 31.2 Å². The van der Waals surface area contributed by atoms with Gasteiger partial charge in [0.25, 0.3) is 11.6 Å². The molecule has 0 saturated heterocycles. The molecule has 8 nitrogen and oxygen atoms in total. The molecule has 114 valence electrons. The summed E-state index contributed by atoms with van der Waals surface area (Å²) in [5.74, 6) is 0.200. The Balaban J connectivity index is 2.24. The van der Waals surface area contributed by atoms with E-state index in [-0.39, 0.29) is 11.6 Å². The van der Waals surface area contributed by atoms with Crippen LogP contribution < -0.4 is 15.4 Å². The number of amides is 1. The highest BCUT2D eigenvalue weighted by molar-refractivity contribution is 6.00. The van der Waals surface area contributed by atoms with Crippen LogP contribution in [0.5, 0.6) is 5.75 Å². The fourth-order valence-corrected chi connectivity index (χ4v) is 2.08. The molecule has 0 aromatic heterocycles. The van der Waals surface area contributed by atoms with E-state index in [0.29, 0.717) is 37.7 Å². The molecule has 1 unspecified atom stereocenters. The van der Waals surface area contributed by atoms with Crippen LogP contribution in [0.2, 0.25) is 0 Å². The molecule has 0 aliphatic carbocycles. The summed E-state index contributed by atoms with van der Waals surface area (Å²) in [5.41, 5.74) is 5.63. The number of ether oxygens (including phenoxy) is 2. The van der Waals surface area contributed by atoms with E-state index in [1.54, 1.807) is 6.92 Å². The number of anilines is 1. The molecule has 0 saturated carbocycles. The zero-order valence-corrected chi connectivity index (χ0v) is 11.7. The van der Waals surface area contributed by atoms with Crippen molar-refractivity contribution in [3.63, 3.8) is 0 Å². The maximum Gasteiger partial charge on any atom is 0.271 e. The molecule has 8 heteroatoms. The van der Waals surface area contributed by atoms with Crippen LogP contribution in [0.25, 0.3) is 0 Å². The molecular formula is C13H17N3O5. The first kappa shape index (κ1) is 15.2. The summed E-state index contributed by atoms with van der Waals surface area (Å²) in [5, 5.41) is 10.9. The Kier molecular flexibility index (Phi) is 4.71. The van der Waals surface area contributed by atoms with Crippen LogP contribution in [0.1, 0.15) is 6.92 Å². The highest BCUT2D eigenvalue weighted by Gasteiger charge is 2.32. The predicted molar refractivity (Wildman–Crippen MR) is 75.4 cm³/mol. The summed E-state index contributed by atoms with van der Waals surface area (Å²) in [4.78, 5) is 24.0. The zero-order chi connectivity index (χ0) is 15.4. The third-order valence-corrected chi connectivity index (χ3v) is 3.08. The van der Waals surface area contributed by atoms with Gasteiger partial charge in [0.1, 0.15) is 5.75 Å². The first-order valence-electron chi connectivity index (χ1n) is 6.59. The third-order valence-electron chi connectivity index (χ3n) is 3.08. The van der Waals surface area contributed by atoms with Crippen LogP contribution in [0.4, 0.5) is 11.4 Å². The number of nitrogens with two attached hydrogens (primary N) is 1. The standard InChI is InChI=1S/C13H17N3O5/c1-9-13(17)15(5-7-20-6-4-14)11-8-10(16(18)19)2-3-12(11)21-9/h2-3,8-9H,4-7,14H2,1H3. The third kappa shape index (κ3) is 3.29. The Hall–Kier alpha value is -2.19. The number of nitrogens with zero attached hydrogens (tertiary/aromatic N) is 2. The van der Waals surface area contributed by atoms with Gasteiger partial charge in [0.2, 0.25) is 0 Å². The number of hydrogen-bond donors (Lipinski definition) is 1. The minimum absolute atomic E-state index is 0.0902. The Labute approximate surface area is 121 Å².